The zero-order valence-corrected chi connectivity index (χ0v) is 13.8. The fraction of sp³-hybridized carbons (Fsp3) is 0.294. The third-order valence-corrected chi connectivity index (χ3v) is 5.06. The topological polar surface area (TPSA) is 49.0 Å². The monoisotopic (exact) mass is 313 g/mol. The van der Waals surface area contributed by atoms with Crippen LogP contribution in [0.4, 0.5) is 0 Å². The Morgan fingerprint density at radius 3 is 2.82 bits per heavy atom. The molecule has 3 aromatic rings. The normalized spacial score (nSPS) is 12.9. The molecule has 0 aliphatic rings. The number of rotatable bonds is 4. The zero-order valence-electron chi connectivity index (χ0n) is 13.0. The van der Waals surface area contributed by atoms with Crippen LogP contribution in [-0.2, 0) is 6.54 Å². The summed E-state index contributed by atoms with van der Waals surface area (Å²) in [7, 11) is 2.05. The molecular formula is C17H19N3OS. The Hall–Kier alpha value is -1.98. The Labute approximate surface area is 133 Å². The van der Waals surface area contributed by atoms with Crippen LogP contribution in [0.5, 0.6) is 0 Å². The van der Waals surface area contributed by atoms with E-state index >= 15 is 0 Å². The lowest BCUT2D eigenvalue weighted by atomic mass is 10.2. The van der Waals surface area contributed by atoms with Crippen LogP contribution in [0.3, 0.4) is 0 Å². The summed E-state index contributed by atoms with van der Waals surface area (Å²) < 4.78 is 0. The van der Waals surface area contributed by atoms with Crippen molar-refractivity contribution in [3.63, 3.8) is 0 Å². The lowest BCUT2D eigenvalue weighted by molar-refractivity contribution is 0.245. The molecule has 3 rings (SSSR count). The van der Waals surface area contributed by atoms with E-state index in [1.54, 1.807) is 17.4 Å². The van der Waals surface area contributed by atoms with Gasteiger partial charge in [0.05, 0.1) is 16.9 Å². The Balaban J connectivity index is 1.90. The van der Waals surface area contributed by atoms with Crippen LogP contribution in [0.1, 0.15) is 29.2 Å². The van der Waals surface area contributed by atoms with Crippen molar-refractivity contribution in [2.45, 2.75) is 26.4 Å². The molecule has 114 valence electrons. The zero-order chi connectivity index (χ0) is 15.7. The molecule has 22 heavy (non-hydrogen) atoms. The summed E-state index contributed by atoms with van der Waals surface area (Å²) in [6.07, 6.45) is 0. The molecule has 1 aromatic carbocycles. The van der Waals surface area contributed by atoms with E-state index in [0.29, 0.717) is 11.2 Å². The van der Waals surface area contributed by atoms with Crippen LogP contribution in [0, 0.1) is 6.92 Å². The summed E-state index contributed by atoms with van der Waals surface area (Å²) >= 11 is 1.76. The standard InChI is InChI=1S/C17H19N3OS/c1-11-8-9-22-15(11)10-20(3)12(2)16-18-14-7-5-4-6-13(14)17(21)19-16/h4-9,12H,10H2,1-3H3,(H,18,19,21)/t12-/m0/s1. The number of nitrogens with zero attached hydrogens (tertiary/aromatic N) is 2. The predicted molar refractivity (Wildman–Crippen MR) is 91.3 cm³/mol. The first-order chi connectivity index (χ1) is 10.6. The second-order valence-electron chi connectivity index (χ2n) is 5.59. The van der Waals surface area contributed by atoms with E-state index < -0.39 is 0 Å². The number of aromatic nitrogens is 2. The fourth-order valence-electron chi connectivity index (χ4n) is 2.44. The van der Waals surface area contributed by atoms with Gasteiger partial charge in [0.25, 0.3) is 5.56 Å². The highest BCUT2D eigenvalue weighted by atomic mass is 32.1. The summed E-state index contributed by atoms with van der Waals surface area (Å²) in [6.45, 7) is 5.04. The Morgan fingerprint density at radius 2 is 2.09 bits per heavy atom. The molecule has 0 unspecified atom stereocenters. The third kappa shape index (κ3) is 2.82. The van der Waals surface area contributed by atoms with Gasteiger partial charge in [-0.3, -0.25) is 9.69 Å². The average molecular weight is 313 g/mol. The van der Waals surface area contributed by atoms with E-state index in [1.807, 2.05) is 18.2 Å². The molecule has 0 fully saturated rings. The van der Waals surface area contributed by atoms with Gasteiger partial charge in [-0.15, -0.1) is 11.3 Å². The first-order valence-corrected chi connectivity index (χ1v) is 8.16. The number of hydrogen-bond donors (Lipinski definition) is 1. The molecule has 0 saturated carbocycles. The number of hydrogen-bond acceptors (Lipinski definition) is 4. The lowest BCUT2D eigenvalue weighted by Gasteiger charge is -2.23. The molecule has 2 heterocycles. The maximum Gasteiger partial charge on any atom is 0.258 e. The molecule has 0 amide bonds. The van der Waals surface area contributed by atoms with Gasteiger partial charge in [0.1, 0.15) is 5.82 Å². The number of benzene rings is 1. The Bertz CT molecular complexity index is 852. The molecule has 5 heteroatoms. The first-order valence-electron chi connectivity index (χ1n) is 7.28. The van der Waals surface area contributed by atoms with Gasteiger partial charge in [-0.05, 0) is 50.0 Å². The second-order valence-corrected chi connectivity index (χ2v) is 6.59. The summed E-state index contributed by atoms with van der Waals surface area (Å²) in [5, 5.41) is 2.74. The highest BCUT2D eigenvalue weighted by Gasteiger charge is 2.16. The summed E-state index contributed by atoms with van der Waals surface area (Å²) in [5.74, 6) is 0.709. The van der Waals surface area contributed by atoms with Crippen LogP contribution in [-0.4, -0.2) is 21.9 Å². The van der Waals surface area contributed by atoms with Gasteiger partial charge in [0.15, 0.2) is 0 Å². The van der Waals surface area contributed by atoms with Crippen LogP contribution in [0.25, 0.3) is 10.9 Å². The molecule has 0 aliphatic heterocycles. The Morgan fingerprint density at radius 1 is 1.32 bits per heavy atom. The molecule has 0 aliphatic carbocycles. The summed E-state index contributed by atoms with van der Waals surface area (Å²) in [4.78, 5) is 23.3. The number of thiophene rings is 1. The maximum atomic E-state index is 12.2. The maximum absolute atomic E-state index is 12.2. The van der Waals surface area contributed by atoms with E-state index in [0.717, 1.165) is 12.1 Å². The van der Waals surface area contributed by atoms with Gasteiger partial charge in [-0.2, -0.15) is 0 Å². The number of aromatic amines is 1. The highest BCUT2D eigenvalue weighted by Crippen LogP contribution is 2.22. The van der Waals surface area contributed by atoms with Crippen molar-refractivity contribution in [2.24, 2.45) is 0 Å². The number of nitrogens with one attached hydrogen (secondary N) is 1. The van der Waals surface area contributed by atoms with Gasteiger partial charge in [0, 0.05) is 11.4 Å². The van der Waals surface area contributed by atoms with E-state index in [9.17, 15) is 4.79 Å². The molecule has 0 saturated heterocycles. The molecule has 0 spiro atoms. The number of aryl methyl sites for hydroxylation is 1. The van der Waals surface area contributed by atoms with Crippen molar-refractivity contribution in [1.82, 2.24) is 14.9 Å². The van der Waals surface area contributed by atoms with Crippen molar-refractivity contribution in [1.29, 1.82) is 0 Å². The van der Waals surface area contributed by atoms with Crippen molar-refractivity contribution < 1.29 is 0 Å². The van der Waals surface area contributed by atoms with Gasteiger partial charge < -0.3 is 4.98 Å². The number of H-pyrrole nitrogens is 1. The van der Waals surface area contributed by atoms with Gasteiger partial charge in [-0.25, -0.2) is 4.98 Å². The lowest BCUT2D eigenvalue weighted by Crippen LogP contribution is -2.25. The fourth-order valence-corrected chi connectivity index (χ4v) is 3.41. The van der Waals surface area contributed by atoms with Crippen LogP contribution in [0.2, 0.25) is 0 Å². The van der Waals surface area contributed by atoms with Crippen LogP contribution < -0.4 is 5.56 Å². The minimum atomic E-state index is -0.0758. The van der Waals surface area contributed by atoms with Crippen molar-refractivity contribution in [2.75, 3.05) is 7.05 Å². The molecule has 0 radical (unpaired) electrons. The first kappa shape index (κ1) is 14.9. The van der Waals surface area contributed by atoms with Crippen LogP contribution >= 0.6 is 11.3 Å². The van der Waals surface area contributed by atoms with E-state index in [1.165, 1.54) is 10.4 Å². The molecule has 1 atom stereocenters. The van der Waals surface area contributed by atoms with Crippen molar-refractivity contribution >= 4 is 22.2 Å². The van der Waals surface area contributed by atoms with E-state index in [4.69, 9.17) is 0 Å². The minimum Gasteiger partial charge on any atom is -0.309 e. The number of para-hydroxylation sites is 1. The third-order valence-electron chi connectivity index (χ3n) is 4.05. The van der Waals surface area contributed by atoms with Crippen molar-refractivity contribution in [3.05, 3.63) is 62.3 Å². The summed E-state index contributed by atoms with van der Waals surface area (Å²) in [6, 6.07) is 9.61. The molecule has 4 nitrogen and oxygen atoms in total. The predicted octanol–water partition coefficient (Wildman–Crippen LogP) is 3.49. The molecular weight excluding hydrogens is 294 g/mol. The number of fused-ring (bicyclic) bond motifs is 1. The minimum absolute atomic E-state index is 0.0406. The van der Waals surface area contributed by atoms with Gasteiger partial charge >= 0.3 is 0 Å². The van der Waals surface area contributed by atoms with Crippen LogP contribution in [0.15, 0.2) is 40.5 Å². The molecule has 0 bridgehead atoms. The second kappa shape index (κ2) is 6.02. The van der Waals surface area contributed by atoms with Crippen molar-refractivity contribution in [3.8, 4) is 0 Å². The molecule has 2 aromatic heterocycles. The van der Waals surface area contributed by atoms with Gasteiger partial charge in [-0.1, -0.05) is 12.1 Å². The van der Waals surface area contributed by atoms with E-state index in [2.05, 4.69) is 47.2 Å². The van der Waals surface area contributed by atoms with E-state index in [-0.39, 0.29) is 11.6 Å². The largest absolute Gasteiger partial charge is 0.309 e. The summed E-state index contributed by atoms with van der Waals surface area (Å²) in [5.41, 5.74) is 1.98. The molecule has 1 N–H and O–H groups in total. The SMILES string of the molecule is Cc1ccsc1CN(C)[C@@H](C)c1nc2ccccc2c(=O)[nH]1. The highest BCUT2D eigenvalue weighted by molar-refractivity contribution is 7.10. The smallest absolute Gasteiger partial charge is 0.258 e. The van der Waals surface area contributed by atoms with Gasteiger partial charge in [0.2, 0.25) is 0 Å². The Kier molecular flexibility index (Phi) is 4.09. The average Bonchev–Trinajstić information content (AvgIpc) is 2.91. The quantitative estimate of drug-likeness (QED) is 0.802.